The Labute approximate surface area is 224 Å². The SMILES string of the molecule is Cc1ccc(COc2ccc(C3C4=C(CCCC4=O)Nc4nc(SCc5ccccc5F)nn43)cc2)cc1. The number of hydrogen-bond donors (Lipinski definition) is 1. The van der Waals surface area contributed by atoms with Gasteiger partial charge >= 0.3 is 0 Å². The third kappa shape index (κ3) is 4.96. The molecule has 4 aromatic rings. The number of rotatable bonds is 7. The quantitative estimate of drug-likeness (QED) is 0.273. The van der Waals surface area contributed by atoms with E-state index in [0.717, 1.165) is 41.0 Å². The van der Waals surface area contributed by atoms with Crippen LogP contribution in [0, 0.1) is 12.7 Å². The van der Waals surface area contributed by atoms with Gasteiger partial charge in [0.05, 0.1) is 0 Å². The highest BCUT2D eigenvalue weighted by Crippen LogP contribution is 2.41. The maximum atomic E-state index is 14.1. The van der Waals surface area contributed by atoms with E-state index in [9.17, 15) is 9.18 Å². The van der Waals surface area contributed by atoms with Crippen molar-refractivity contribution in [3.8, 4) is 5.75 Å². The summed E-state index contributed by atoms with van der Waals surface area (Å²) in [5.74, 6) is 1.66. The average molecular weight is 527 g/mol. The van der Waals surface area contributed by atoms with E-state index in [4.69, 9.17) is 9.84 Å². The fourth-order valence-electron chi connectivity index (χ4n) is 4.86. The normalized spacial score (nSPS) is 16.6. The van der Waals surface area contributed by atoms with Crippen molar-refractivity contribution >= 4 is 23.5 Å². The molecule has 0 amide bonds. The molecule has 1 N–H and O–H groups in total. The van der Waals surface area contributed by atoms with Gasteiger partial charge in [-0.3, -0.25) is 4.79 Å². The Bertz CT molecular complexity index is 1510. The van der Waals surface area contributed by atoms with Crippen LogP contribution in [0.15, 0.2) is 89.2 Å². The molecule has 8 heteroatoms. The summed E-state index contributed by atoms with van der Waals surface area (Å²) in [7, 11) is 0. The number of fused-ring (bicyclic) bond motifs is 1. The predicted molar refractivity (Wildman–Crippen MR) is 146 cm³/mol. The first kappa shape index (κ1) is 24.4. The lowest BCUT2D eigenvalue weighted by molar-refractivity contribution is -0.116. The van der Waals surface area contributed by atoms with Gasteiger partial charge in [0.1, 0.15) is 24.2 Å². The smallest absolute Gasteiger partial charge is 0.227 e. The van der Waals surface area contributed by atoms with E-state index in [1.54, 1.807) is 16.8 Å². The van der Waals surface area contributed by atoms with Gasteiger partial charge in [0.15, 0.2) is 5.78 Å². The Morgan fingerprint density at radius 2 is 1.84 bits per heavy atom. The number of ketones is 1. The molecule has 6 nitrogen and oxygen atoms in total. The van der Waals surface area contributed by atoms with Gasteiger partial charge in [-0.15, -0.1) is 5.10 Å². The largest absolute Gasteiger partial charge is 0.489 e. The molecule has 1 aromatic heterocycles. The second-order valence-electron chi connectivity index (χ2n) is 9.58. The summed E-state index contributed by atoms with van der Waals surface area (Å²) in [6.07, 6.45) is 2.12. The summed E-state index contributed by atoms with van der Waals surface area (Å²) in [6, 6.07) is 22.5. The van der Waals surface area contributed by atoms with Crippen LogP contribution in [-0.2, 0) is 17.2 Å². The number of carbonyl (C=O) groups is 1. The third-order valence-corrected chi connectivity index (χ3v) is 7.77. The number of aryl methyl sites for hydroxylation is 1. The van der Waals surface area contributed by atoms with E-state index in [0.29, 0.717) is 35.4 Å². The van der Waals surface area contributed by atoms with Crippen LogP contribution in [0.2, 0.25) is 0 Å². The summed E-state index contributed by atoms with van der Waals surface area (Å²) >= 11 is 1.37. The molecule has 1 aliphatic carbocycles. The van der Waals surface area contributed by atoms with Crippen LogP contribution in [0.25, 0.3) is 0 Å². The molecular formula is C30H27FN4O2S. The van der Waals surface area contributed by atoms with Crippen molar-refractivity contribution in [2.24, 2.45) is 0 Å². The molecule has 0 spiro atoms. The maximum Gasteiger partial charge on any atom is 0.227 e. The fraction of sp³-hybridized carbons (Fsp3) is 0.233. The first-order valence-electron chi connectivity index (χ1n) is 12.7. The highest BCUT2D eigenvalue weighted by atomic mass is 32.2. The lowest BCUT2D eigenvalue weighted by Gasteiger charge is -2.32. The fourth-order valence-corrected chi connectivity index (χ4v) is 5.68. The van der Waals surface area contributed by atoms with Crippen LogP contribution in [0.5, 0.6) is 5.75 Å². The number of anilines is 1. The summed E-state index contributed by atoms with van der Waals surface area (Å²) in [6.45, 7) is 2.55. The molecule has 0 fully saturated rings. The van der Waals surface area contributed by atoms with Crippen LogP contribution in [-0.4, -0.2) is 20.5 Å². The molecule has 2 heterocycles. The Kier molecular flexibility index (Phi) is 6.72. The Morgan fingerprint density at radius 1 is 1.05 bits per heavy atom. The number of aromatic nitrogens is 3. The first-order chi connectivity index (χ1) is 18.5. The number of nitrogens with zero attached hydrogens (tertiary/aromatic N) is 3. The zero-order valence-corrected chi connectivity index (χ0v) is 21.8. The zero-order valence-electron chi connectivity index (χ0n) is 21.0. The van der Waals surface area contributed by atoms with Crippen LogP contribution < -0.4 is 10.1 Å². The number of carbonyl (C=O) groups excluding carboxylic acids is 1. The van der Waals surface area contributed by atoms with Crippen molar-refractivity contribution in [1.29, 1.82) is 0 Å². The molecule has 2 aliphatic rings. The topological polar surface area (TPSA) is 69.0 Å². The summed E-state index contributed by atoms with van der Waals surface area (Å²) in [4.78, 5) is 17.8. The number of Topliss-reactive ketones (excluding diaryl/α,β-unsaturated/α-hetero) is 1. The number of thioether (sulfide) groups is 1. The highest BCUT2D eigenvalue weighted by molar-refractivity contribution is 7.98. The zero-order chi connectivity index (χ0) is 26.1. The van der Waals surface area contributed by atoms with Crippen LogP contribution >= 0.6 is 11.8 Å². The molecule has 192 valence electrons. The number of allylic oxidation sites excluding steroid dienone is 2. The molecule has 1 atom stereocenters. The van der Waals surface area contributed by atoms with E-state index in [-0.39, 0.29) is 17.6 Å². The molecule has 0 saturated heterocycles. The molecule has 0 bridgehead atoms. The van der Waals surface area contributed by atoms with Gasteiger partial charge in [-0.25, -0.2) is 9.07 Å². The minimum Gasteiger partial charge on any atom is -0.489 e. The van der Waals surface area contributed by atoms with Crippen molar-refractivity contribution in [1.82, 2.24) is 14.8 Å². The molecule has 3 aromatic carbocycles. The van der Waals surface area contributed by atoms with E-state index in [1.165, 1.54) is 23.4 Å². The van der Waals surface area contributed by atoms with Gasteiger partial charge in [0.2, 0.25) is 11.1 Å². The predicted octanol–water partition coefficient (Wildman–Crippen LogP) is 6.62. The summed E-state index contributed by atoms with van der Waals surface area (Å²) in [5.41, 5.74) is 5.52. The monoisotopic (exact) mass is 526 g/mol. The number of nitrogens with one attached hydrogen (secondary N) is 1. The van der Waals surface area contributed by atoms with Gasteiger partial charge in [-0.2, -0.15) is 4.98 Å². The van der Waals surface area contributed by atoms with E-state index >= 15 is 0 Å². The minimum absolute atomic E-state index is 0.130. The highest BCUT2D eigenvalue weighted by Gasteiger charge is 2.36. The third-order valence-electron chi connectivity index (χ3n) is 6.89. The van der Waals surface area contributed by atoms with Crippen molar-refractivity contribution < 1.29 is 13.9 Å². The second kappa shape index (κ2) is 10.5. The average Bonchev–Trinajstić information content (AvgIpc) is 3.34. The van der Waals surface area contributed by atoms with Crippen LogP contribution in [0.4, 0.5) is 10.3 Å². The van der Waals surface area contributed by atoms with Crippen LogP contribution in [0.3, 0.4) is 0 Å². The van der Waals surface area contributed by atoms with E-state index in [2.05, 4.69) is 41.5 Å². The minimum atomic E-state index is -0.379. The number of ether oxygens (including phenoxy) is 1. The lowest BCUT2D eigenvalue weighted by atomic mass is 9.85. The Morgan fingerprint density at radius 3 is 2.63 bits per heavy atom. The number of halogens is 1. The second-order valence-corrected chi connectivity index (χ2v) is 10.5. The lowest BCUT2D eigenvalue weighted by Crippen LogP contribution is -2.31. The van der Waals surface area contributed by atoms with Crippen LogP contribution in [0.1, 0.15) is 47.6 Å². The molecule has 1 unspecified atom stereocenters. The van der Waals surface area contributed by atoms with Crippen molar-refractivity contribution in [3.63, 3.8) is 0 Å². The van der Waals surface area contributed by atoms with E-state index in [1.807, 2.05) is 30.3 Å². The molecule has 0 radical (unpaired) electrons. The summed E-state index contributed by atoms with van der Waals surface area (Å²) in [5, 5.41) is 8.63. The van der Waals surface area contributed by atoms with Crippen molar-refractivity contribution in [2.45, 2.75) is 49.7 Å². The van der Waals surface area contributed by atoms with Gasteiger partial charge in [-0.1, -0.05) is 71.9 Å². The Balaban J connectivity index is 1.26. The molecule has 1 aliphatic heterocycles. The number of hydrogen-bond acceptors (Lipinski definition) is 6. The van der Waals surface area contributed by atoms with Gasteiger partial charge < -0.3 is 10.1 Å². The molecule has 38 heavy (non-hydrogen) atoms. The number of benzene rings is 3. The van der Waals surface area contributed by atoms with Crippen molar-refractivity contribution in [3.05, 3.63) is 112 Å². The molecular weight excluding hydrogens is 499 g/mol. The van der Waals surface area contributed by atoms with Gasteiger partial charge in [0.25, 0.3) is 0 Å². The molecule has 6 rings (SSSR count). The standard InChI is InChI=1S/C30H27FN4O2S/c1-19-9-11-20(12-10-19)17-37-23-15-13-21(14-16-23)28-27-25(7-4-8-26(27)36)32-29-33-30(34-35(28)29)38-18-22-5-2-3-6-24(22)31/h2-3,5-6,9-16,28H,4,7-8,17-18H2,1H3,(H,32,33,34). The Hall–Kier alpha value is -3.91. The van der Waals surface area contributed by atoms with E-state index < -0.39 is 0 Å². The molecule has 0 saturated carbocycles. The first-order valence-corrected chi connectivity index (χ1v) is 13.7. The van der Waals surface area contributed by atoms with Gasteiger partial charge in [0, 0.05) is 23.4 Å². The van der Waals surface area contributed by atoms with Gasteiger partial charge in [-0.05, 0) is 54.7 Å². The summed E-state index contributed by atoms with van der Waals surface area (Å²) < 4.78 is 21.9. The maximum absolute atomic E-state index is 14.1. The van der Waals surface area contributed by atoms with Crippen molar-refractivity contribution in [2.75, 3.05) is 5.32 Å².